The Morgan fingerprint density at radius 2 is 1.95 bits per heavy atom. The van der Waals surface area contributed by atoms with E-state index in [4.69, 9.17) is 9.47 Å². The SMILES string of the molecule is CCOC(C(NC)c1ccc(OC)cc1F)C(C)(C)C. The lowest BCUT2D eigenvalue weighted by molar-refractivity contribution is -0.0357. The molecule has 0 heterocycles. The molecule has 0 amide bonds. The Morgan fingerprint density at radius 3 is 2.35 bits per heavy atom. The zero-order valence-electron chi connectivity index (χ0n) is 13.3. The molecule has 1 N–H and O–H groups in total. The number of hydrogen-bond acceptors (Lipinski definition) is 3. The van der Waals surface area contributed by atoms with E-state index in [2.05, 4.69) is 26.1 Å². The van der Waals surface area contributed by atoms with Gasteiger partial charge in [0.1, 0.15) is 11.6 Å². The van der Waals surface area contributed by atoms with Crippen LogP contribution in [0.15, 0.2) is 18.2 Å². The topological polar surface area (TPSA) is 30.5 Å². The molecule has 0 aliphatic rings. The van der Waals surface area contributed by atoms with Crippen molar-refractivity contribution in [3.8, 4) is 5.75 Å². The minimum atomic E-state index is -0.280. The third-order valence-electron chi connectivity index (χ3n) is 3.36. The van der Waals surface area contributed by atoms with Gasteiger partial charge in [0.25, 0.3) is 0 Å². The standard InChI is InChI=1S/C16H26FNO2/c1-7-20-15(16(2,3)4)14(18-5)12-9-8-11(19-6)10-13(12)17/h8-10,14-15,18H,7H2,1-6H3. The highest BCUT2D eigenvalue weighted by molar-refractivity contribution is 5.31. The molecule has 0 radical (unpaired) electrons. The lowest BCUT2D eigenvalue weighted by atomic mass is 9.82. The number of methoxy groups -OCH3 is 1. The van der Waals surface area contributed by atoms with Gasteiger partial charge in [-0.3, -0.25) is 0 Å². The number of likely N-dealkylation sites (N-methyl/N-ethyl adjacent to an activating group) is 1. The minimum absolute atomic E-state index is 0.101. The largest absolute Gasteiger partial charge is 0.497 e. The van der Waals surface area contributed by atoms with Gasteiger partial charge in [0.2, 0.25) is 0 Å². The van der Waals surface area contributed by atoms with Crippen molar-refractivity contribution < 1.29 is 13.9 Å². The first-order valence-corrected chi connectivity index (χ1v) is 6.97. The van der Waals surface area contributed by atoms with E-state index in [1.54, 1.807) is 12.1 Å². The Morgan fingerprint density at radius 1 is 1.30 bits per heavy atom. The predicted octanol–water partition coefficient (Wildman–Crippen LogP) is 3.55. The molecule has 1 rings (SSSR count). The van der Waals surface area contributed by atoms with E-state index in [-0.39, 0.29) is 23.4 Å². The Bertz CT molecular complexity index is 429. The molecule has 0 saturated carbocycles. The van der Waals surface area contributed by atoms with Crippen molar-refractivity contribution in [3.63, 3.8) is 0 Å². The summed E-state index contributed by atoms with van der Waals surface area (Å²) in [6.45, 7) is 8.84. The second kappa shape index (κ2) is 7.04. The Kier molecular flexibility index (Phi) is 5.96. The van der Waals surface area contributed by atoms with E-state index in [0.717, 1.165) is 0 Å². The lowest BCUT2D eigenvalue weighted by Gasteiger charge is -2.37. The van der Waals surface area contributed by atoms with Crippen LogP contribution < -0.4 is 10.1 Å². The van der Waals surface area contributed by atoms with Crippen LogP contribution in [0.2, 0.25) is 0 Å². The molecule has 1 aromatic carbocycles. The van der Waals surface area contributed by atoms with Gasteiger partial charge in [-0.05, 0) is 25.5 Å². The van der Waals surface area contributed by atoms with E-state index in [9.17, 15) is 4.39 Å². The summed E-state index contributed by atoms with van der Waals surface area (Å²) in [6.07, 6.45) is -0.125. The molecule has 0 saturated heterocycles. The first-order chi connectivity index (χ1) is 9.35. The second-order valence-corrected chi connectivity index (χ2v) is 5.90. The fourth-order valence-electron chi connectivity index (χ4n) is 2.38. The molecule has 2 atom stereocenters. The highest BCUT2D eigenvalue weighted by Gasteiger charge is 2.34. The van der Waals surface area contributed by atoms with Crippen LogP contribution in [0.1, 0.15) is 39.3 Å². The highest BCUT2D eigenvalue weighted by Crippen LogP contribution is 2.34. The van der Waals surface area contributed by atoms with Crippen molar-refractivity contribution in [2.75, 3.05) is 20.8 Å². The number of halogens is 1. The molecule has 0 aliphatic heterocycles. The maximum Gasteiger partial charge on any atom is 0.131 e. The molecule has 3 nitrogen and oxygen atoms in total. The van der Waals surface area contributed by atoms with Crippen molar-refractivity contribution in [1.82, 2.24) is 5.32 Å². The summed E-state index contributed by atoms with van der Waals surface area (Å²) in [6, 6.07) is 4.73. The summed E-state index contributed by atoms with van der Waals surface area (Å²) in [7, 11) is 3.36. The molecule has 20 heavy (non-hydrogen) atoms. The second-order valence-electron chi connectivity index (χ2n) is 5.90. The third kappa shape index (κ3) is 3.93. The van der Waals surface area contributed by atoms with Gasteiger partial charge in [0.05, 0.1) is 19.3 Å². The fraction of sp³-hybridized carbons (Fsp3) is 0.625. The van der Waals surface area contributed by atoms with E-state index in [0.29, 0.717) is 17.9 Å². The summed E-state index contributed by atoms with van der Waals surface area (Å²) in [5.41, 5.74) is 0.498. The van der Waals surface area contributed by atoms with Gasteiger partial charge in [0, 0.05) is 18.2 Å². The first kappa shape index (κ1) is 16.9. The van der Waals surface area contributed by atoms with Crippen molar-refractivity contribution in [2.45, 2.75) is 39.8 Å². The monoisotopic (exact) mass is 283 g/mol. The number of benzene rings is 1. The van der Waals surface area contributed by atoms with Crippen molar-refractivity contribution in [2.24, 2.45) is 5.41 Å². The summed E-state index contributed by atoms with van der Waals surface area (Å²) in [4.78, 5) is 0. The smallest absolute Gasteiger partial charge is 0.131 e. The van der Waals surface area contributed by atoms with Gasteiger partial charge in [-0.2, -0.15) is 0 Å². The van der Waals surface area contributed by atoms with Crippen molar-refractivity contribution >= 4 is 0 Å². The van der Waals surface area contributed by atoms with E-state index >= 15 is 0 Å². The number of hydrogen-bond donors (Lipinski definition) is 1. The van der Waals surface area contributed by atoms with Crippen molar-refractivity contribution in [1.29, 1.82) is 0 Å². The number of rotatable bonds is 6. The van der Waals surface area contributed by atoms with Gasteiger partial charge >= 0.3 is 0 Å². The van der Waals surface area contributed by atoms with Crippen LogP contribution >= 0.6 is 0 Å². The number of nitrogens with one attached hydrogen (secondary N) is 1. The average Bonchev–Trinajstić information content (AvgIpc) is 2.38. The molecule has 4 heteroatoms. The summed E-state index contributed by atoms with van der Waals surface area (Å²) >= 11 is 0. The Labute approximate surface area is 121 Å². The van der Waals surface area contributed by atoms with Crippen LogP contribution in [-0.2, 0) is 4.74 Å². The molecule has 0 fully saturated rings. The average molecular weight is 283 g/mol. The van der Waals surface area contributed by atoms with Crippen LogP contribution in [0, 0.1) is 11.2 Å². The summed E-state index contributed by atoms with van der Waals surface area (Å²) < 4.78 is 25.2. The van der Waals surface area contributed by atoms with Gasteiger partial charge in [-0.1, -0.05) is 26.8 Å². The van der Waals surface area contributed by atoms with E-state index in [1.807, 2.05) is 14.0 Å². The third-order valence-corrected chi connectivity index (χ3v) is 3.36. The minimum Gasteiger partial charge on any atom is -0.497 e. The zero-order valence-corrected chi connectivity index (χ0v) is 13.3. The molecular formula is C16H26FNO2. The predicted molar refractivity (Wildman–Crippen MR) is 79.6 cm³/mol. The zero-order chi connectivity index (χ0) is 15.3. The number of ether oxygens (including phenoxy) is 2. The Balaban J connectivity index is 3.16. The molecule has 0 bridgehead atoms. The van der Waals surface area contributed by atoms with Crippen LogP contribution in [0.4, 0.5) is 4.39 Å². The first-order valence-electron chi connectivity index (χ1n) is 6.97. The van der Waals surface area contributed by atoms with Gasteiger partial charge in [0.15, 0.2) is 0 Å². The molecule has 0 aromatic heterocycles. The molecular weight excluding hydrogens is 257 g/mol. The van der Waals surface area contributed by atoms with Gasteiger partial charge in [-0.25, -0.2) is 4.39 Å². The van der Waals surface area contributed by atoms with Crippen LogP contribution in [0.25, 0.3) is 0 Å². The Hall–Kier alpha value is -1.13. The van der Waals surface area contributed by atoms with Gasteiger partial charge in [-0.15, -0.1) is 0 Å². The van der Waals surface area contributed by atoms with Gasteiger partial charge < -0.3 is 14.8 Å². The van der Waals surface area contributed by atoms with Crippen LogP contribution in [-0.4, -0.2) is 26.9 Å². The maximum atomic E-state index is 14.3. The fourth-order valence-corrected chi connectivity index (χ4v) is 2.38. The maximum absolute atomic E-state index is 14.3. The highest BCUT2D eigenvalue weighted by atomic mass is 19.1. The van der Waals surface area contributed by atoms with E-state index < -0.39 is 0 Å². The van der Waals surface area contributed by atoms with Crippen LogP contribution in [0.5, 0.6) is 5.75 Å². The molecule has 1 aromatic rings. The summed E-state index contributed by atoms with van der Waals surface area (Å²) in [5.74, 6) is 0.238. The summed E-state index contributed by atoms with van der Waals surface area (Å²) in [5, 5.41) is 3.18. The quantitative estimate of drug-likeness (QED) is 0.866. The van der Waals surface area contributed by atoms with E-state index in [1.165, 1.54) is 13.2 Å². The lowest BCUT2D eigenvalue weighted by Crippen LogP contribution is -2.41. The normalized spacial score (nSPS) is 14.9. The van der Waals surface area contributed by atoms with Crippen molar-refractivity contribution in [3.05, 3.63) is 29.6 Å². The molecule has 0 spiro atoms. The molecule has 114 valence electrons. The molecule has 0 aliphatic carbocycles. The molecule has 2 unspecified atom stereocenters. The van der Waals surface area contributed by atoms with Crippen LogP contribution in [0.3, 0.4) is 0 Å².